The van der Waals surface area contributed by atoms with Crippen molar-refractivity contribution >= 4 is 40.6 Å². The van der Waals surface area contributed by atoms with Gasteiger partial charge in [0.05, 0.1) is 23.6 Å². The highest BCUT2D eigenvalue weighted by Gasteiger charge is 2.37. The van der Waals surface area contributed by atoms with E-state index in [0.29, 0.717) is 12.0 Å². The van der Waals surface area contributed by atoms with Crippen molar-refractivity contribution in [3.05, 3.63) is 54.5 Å². The number of anilines is 2. The molecule has 0 fully saturated rings. The van der Waals surface area contributed by atoms with Gasteiger partial charge >= 0.3 is 5.97 Å². The van der Waals surface area contributed by atoms with Gasteiger partial charge in [-0.25, -0.2) is 9.97 Å². The number of aromatic nitrogens is 3. The van der Waals surface area contributed by atoms with E-state index in [1.807, 2.05) is 48.7 Å². The van der Waals surface area contributed by atoms with Gasteiger partial charge in [-0.1, -0.05) is 6.92 Å². The van der Waals surface area contributed by atoms with Crippen LogP contribution in [0.1, 0.15) is 43.6 Å². The van der Waals surface area contributed by atoms with Crippen LogP contribution < -0.4 is 10.2 Å². The summed E-state index contributed by atoms with van der Waals surface area (Å²) >= 11 is 0. The summed E-state index contributed by atoms with van der Waals surface area (Å²) in [5.41, 5.74) is 2.14. The van der Waals surface area contributed by atoms with Gasteiger partial charge < -0.3 is 24.5 Å². The average molecular weight is 462 g/mol. The second-order valence-electron chi connectivity index (χ2n) is 9.38. The zero-order chi connectivity index (χ0) is 24.7. The molecule has 1 N–H and O–H groups in total. The summed E-state index contributed by atoms with van der Waals surface area (Å²) in [5.74, 6) is -0.175. The van der Waals surface area contributed by atoms with Crippen LogP contribution in [-0.4, -0.2) is 50.8 Å². The lowest BCUT2D eigenvalue weighted by Crippen LogP contribution is -2.61. The van der Waals surface area contributed by atoms with Crippen molar-refractivity contribution < 1.29 is 14.3 Å². The second-order valence-corrected chi connectivity index (χ2v) is 9.38. The van der Waals surface area contributed by atoms with Gasteiger partial charge in [0.1, 0.15) is 16.9 Å². The molecule has 1 unspecified atom stereocenters. The molecule has 0 bridgehead atoms. The van der Waals surface area contributed by atoms with Gasteiger partial charge in [-0.15, -0.1) is 12.8 Å². The number of fused-ring (bicyclic) bond motifs is 1. The van der Waals surface area contributed by atoms with Crippen LogP contribution in [0.15, 0.2) is 41.8 Å². The molecule has 178 valence electrons. The van der Waals surface area contributed by atoms with E-state index in [-0.39, 0.29) is 5.91 Å². The monoisotopic (exact) mass is 461 g/mol. The summed E-state index contributed by atoms with van der Waals surface area (Å²) in [6.07, 6.45) is 5.61. The van der Waals surface area contributed by atoms with E-state index in [0.717, 1.165) is 28.1 Å². The van der Waals surface area contributed by atoms with E-state index in [2.05, 4.69) is 20.3 Å². The van der Waals surface area contributed by atoms with E-state index in [1.165, 1.54) is 12.8 Å². The van der Waals surface area contributed by atoms with E-state index < -0.39 is 17.1 Å². The molecule has 34 heavy (non-hydrogen) atoms. The van der Waals surface area contributed by atoms with Crippen LogP contribution >= 0.6 is 0 Å². The van der Waals surface area contributed by atoms with E-state index in [4.69, 9.17) is 4.74 Å². The largest absolute Gasteiger partial charge is 0.460 e. The van der Waals surface area contributed by atoms with Gasteiger partial charge in [0.15, 0.2) is 0 Å². The molecule has 0 saturated carbocycles. The lowest BCUT2D eigenvalue weighted by Gasteiger charge is -2.43. The standard InChI is InChI=1S/C25H29N6O3/c1-7-16-10-17(22(32)29-25(13-26-14-25)23(33)34-24(2,3)4)8-9-19(16)31(6)21-11-20-18(12-27-21)28-15-30(20)5/h8-15H,7H2,1-6H3,(H,29,32)/q-1. The second kappa shape index (κ2) is 8.48. The van der Waals surface area contributed by atoms with Gasteiger partial charge in [-0.3, -0.25) is 9.59 Å². The molecule has 4 rings (SSSR count). The predicted molar refractivity (Wildman–Crippen MR) is 131 cm³/mol. The quantitative estimate of drug-likeness (QED) is 0.446. The summed E-state index contributed by atoms with van der Waals surface area (Å²) in [6.45, 7) is 8.75. The molecule has 9 nitrogen and oxygen atoms in total. The van der Waals surface area contributed by atoms with Gasteiger partial charge in [0.2, 0.25) is 5.91 Å². The molecule has 0 saturated heterocycles. The van der Waals surface area contributed by atoms with Crippen LogP contribution in [0.5, 0.6) is 0 Å². The number of nitrogens with one attached hydrogen (secondary N) is 1. The fraction of sp³-hybridized carbons (Fsp3) is 0.360. The van der Waals surface area contributed by atoms with Crippen LogP contribution in [-0.2, 0) is 23.0 Å². The Balaban J connectivity index is 1.57. The number of benzene rings is 1. The first kappa shape index (κ1) is 23.3. The Bertz CT molecular complexity index is 1290. The van der Waals surface area contributed by atoms with Crippen molar-refractivity contribution in [1.29, 1.82) is 0 Å². The fourth-order valence-electron chi connectivity index (χ4n) is 3.73. The molecule has 3 heterocycles. The first-order valence-corrected chi connectivity index (χ1v) is 11.1. The maximum atomic E-state index is 13.1. The molecule has 9 heteroatoms. The Hall–Kier alpha value is -3.88. The predicted octanol–water partition coefficient (Wildman–Crippen LogP) is 3.36. The van der Waals surface area contributed by atoms with Crippen molar-refractivity contribution in [2.45, 2.75) is 45.3 Å². The van der Waals surface area contributed by atoms with Crippen LogP contribution in [0.25, 0.3) is 11.0 Å². The van der Waals surface area contributed by atoms with Crippen LogP contribution in [0.2, 0.25) is 0 Å². The van der Waals surface area contributed by atoms with Crippen LogP contribution in [0.4, 0.5) is 11.5 Å². The van der Waals surface area contributed by atoms with Crippen molar-refractivity contribution in [2.75, 3.05) is 11.9 Å². The minimum absolute atomic E-state index is 0.383. The summed E-state index contributed by atoms with van der Waals surface area (Å²) in [6, 6.07) is 7.45. The van der Waals surface area contributed by atoms with Gasteiger partial charge in [0.25, 0.3) is 0 Å². The van der Waals surface area contributed by atoms with E-state index in [1.54, 1.807) is 39.4 Å². The van der Waals surface area contributed by atoms with Gasteiger partial charge in [-0.2, -0.15) is 0 Å². The number of aliphatic imine (C=N–C) groups is 1. The number of carbonyl (C=O) groups is 2. The summed E-state index contributed by atoms with van der Waals surface area (Å²) in [4.78, 5) is 40.5. The first-order chi connectivity index (χ1) is 16.0. The molecule has 1 aliphatic heterocycles. The van der Waals surface area contributed by atoms with Crippen LogP contribution in [0.3, 0.4) is 0 Å². The lowest BCUT2D eigenvalue weighted by molar-refractivity contribution is -0.158. The van der Waals surface area contributed by atoms with Gasteiger partial charge in [0, 0.05) is 31.4 Å². The smallest absolute Gasteiger partial charge is 0.308 e. The Kier molecular flexibility index (Phi) is 5.80. The number of pyridine rings is 1. The number of aryl methyl sites for hydroxylation is 2. The Morgan fingerprint density at radius 1 is 1.24 bits per heavy atom. The molecule has 2 aromatic heterocycles. The first-order valence-electron chi connectivity index (χ1n) is 11.1. The molecule has 0 spiro atoms. The Labute approximate surface area is 198 Å². The third-order valence-corrected chi connectivity index (χ3v) is 5.64. The zero-order valence-corrected chi connectivity index (χ0v) is 20.3. The highest BCUT2D eigenvalue weighted by molar-refractivity contribution is 6.11. The van der Waals surface area contributed by atoms with Crippen LogP contribution in [0, 0.1) is 6.54 Å². The number of amides is 1. The normalized spacial score (nSPS) is 17.1. The third kappa shape index (κ3) is 4.33. The molecular formula is C25H29N6O3-. The molecular weight excluding hydrogens is 432 g/mol. The summed E-state index contributed by atoms with van der Waals surface area (Å²) in [7, 11) is 3.88. The lowest BCUT2D eigenvalue weighted by atomic mass is 9.95. The number of esters is 1. The van der Waals surface area contributed by atoms with Crippen molar-refractivity contribution in [2.24, 2.45) is 12.0 Å². The minimum Gasteiger partial charge on any atom is -0.460 e. The molecule has 3 aromatic rings. The van der Waals surface area contributed by atoms with Crippen molar-refractivity contribution in [1.82, 2.24) is 19.9 Å². The number of ether oxygens (including phenoxy) is 1. The molecule has 0 aliphatic carbocycles. The SMILES string of the molecule is CCc1cc(C(=O)NC2(C(=O)OC(C)(C)C)C=N[CH-]2)ccc1N(C)c1cc2c(cn1)ncn2C. The minimum atomic E-state index is -1.35. The van der Waals surface area contributed by atoms with Crippen molar-refractivity contribution in [3.63, 3.8) is 0 Å². The summed E-state index contributed by atoms with van der Waals surface area (Å²) < 4.78 is 7.41. The molecule has 0 radical (unpaired) electrons. The number of carbonyl (C=O) groups excluding carboxylic acids is 2. The molecule has 1 aliphatic rings. The highest BCUT2D eigenvalue weighted by atomic mass is 16.6. The maximum absolute atomic E-state index is 13.1. The highest BCUT2D eigenvalue weighted by Crippen LogP contribution is 2.29. The van der Waals surface area contributed by atoms with E-state index in [9.17, 15) is 9.59 Å². The number of nitrogens with zero attached hydrogens (tertiary/aromatic N) is 5. The fourth-order valence-corrected chi connectivity index (χ4v) is 3.73. The Morgan fingerprint density at radius 3 is 2.59 bits per heavy atom. The van der Waals surface area contributed by atoms with E-state index >= 15 is 0 Å². The Morgan fingerprint density at radius 2 is 1.97 bits per heavy atom. The van der Waals surface area contributed by atoms with Crippen molar-refractivity contribution in [3.8, 4) is 0 Å². The topological polar surface area (TPSA) is 102 Å². The number of imidazole rings is 1. The summed E-state index contributed by atoms with van der Waals surface area (Å²) in [5, 5.41) is 2.77. The molecule has 1 amide bonds. The maximum Gasteiger partial charge on any atom is 0.308 e. The molecule has 1 aromatic carbocycles. The average Bonchev–Trinajstić information content (AvgIpc) is 3.14. The number of rotatable bonds is 6. The number of hydrogen-bond donors (Lipinski definition) is 1. The molecule has 1 atom stereocenters. The zero-order valence-electron chi connectivity index (χ0n) is 20.3. The van der Waals surface area contributed by atoms with Gasteiger partial charge in [-0.05, 0) is 51.0 Å². The third-order valence-electron chi connectivity index (χ3n) is 5.64. The number of hydrogen-bond acceptors (Lipinski definition) is 7.